The van der Waals surface area contributed by atoms with E-state index in [1.54, 1.807) is 24.8 Å². The van der Waals surface area contributed by atoms with E-state index < -0.39 is 0 Å². The Morgan fingerprint density at radius 3 is 2.82 bits per heavy atom. The zero-order valence-electron chi connectivity index (χ0n) is 18.5. The van der Waals surface area contributed by atoms with Gasteiger partial charge in [0.2, 0.25) is 5.95 Å². The van der Waals surface area contributed by atoms with Crippen molar-refractivity contribution >= 4 is 34.9 Å². The van der Waals surface area contributed by atoms with Crippen molar-refractivity contribution in [1.29, 1.82) is 0 Å². The molecule has 1 aliphatic rings. The average molecular weight is 457 g/mol. The summed E-state index contributed by atoms with van der Waals surface area (Å²) >= 11 is 0. The van der Waals surface area contributed by atoms with E-state index in [0.29, 0.717) is 24.6 Å². The number of hydrogen-bond acceptors (Lipinski definition) is 8. The molecule has 1 aromatic carbocycles. The van der Waals surface area contributed by atoms with E-state index in [4.69, 9.17) is 4.74 Å². The van der Waals surface area contributed by atoms with E-state index in [1.165, 1.54) is 0 Å². The fraction of sp³-hybridized carbons (Fsp3) is 0.217. The number of anilines is 2. The van der Waals surface area contributed by atoms with Crippen LogP contribution in [0.15, 0.2) is 54.2 Å². The van der Waals surface area contributed by atoms with Gasteiger partial charge in [-0.05, 0) is 30.7 Å². The van der Waals surface area contributed by atoms with Crippen LogP contribution in [-0.2, 0) is 6.61 Å². The summed E-state index contributed by atoms with van der Waals surface area (Å²) in [6.07, 6.45) is 9.61. The number of aromatic nitrogens is 5. The summed E-state index contributed by atoms with van der Waals surface area (Å²) in [5.41, 5.74) is 4.95. The fourth-order valence-corrected chi connectivity index (χ4v) is 3.58. The van der Waals surface area contributed by atoms with E-state index in [1.807, 2.05) is 42.4 Å². The van der Waals surface area contributed by atoms with Crippen LogP contribution in [0.5, 0.6) is 6.01 Å². The number of benzene rings is 1. The van der Waals surface area contributed by atoms with E-state index in [2.05, 4.69) is 40.7 Å². The molecule has 4 aromatic rings. The monoisotopic (exact) mass is 457 g/mol. The number of carbonyl (C=O) groups excluding carboxylic acids is 1. The molecule has 4 heterocycles. The summed E-state index contributed by atoms with van der Waals surface area (Å²) in [6.45, 7) is 3.47. The summed E-state index contributed by atoms with van der Waals surface area (Å²) in [5.74, 6) is 0.359. The topological polar surface area (TPSA) is 133 Å². The summed E-state index contributed by atoms with van der Waals surface area (Å²) in [5, 5.41) is 11.8. The van der Waals surface area contributed by atoms with Gasteiger partial charge in [-0.1, -0.05) is 6.07 Å². The van der Waals surface area contributed by atoms with Crippen molar-refractivity contribution in [2.24, 2.45) is 5.10 Å². The van der Waals surface area contributed by atoms with Gasteiger partial charge in [-0.3, -0.25) is 15.3 Å². The molecule has 34 heavy (non-hydrogen) atoms. The molecule has 0 radical (unpaired) electrons. The molecular weight excluding hydrogens is 434 g/mol. The van der Waals surface area contributed by atoms with E-state index in [0.717, 1.165) is 40.9 Å². The Bertz CT molecular complexity index is 1320. The highest BCUT2D eigenvalue weighted by molar-refractivity contribution is 5.97. The van der Waals surface area contributed by atoms with Gasteiger partial charge in [0.15, 0.2) is 0 Å². The van der Waals surface area contributed by atoms with E-state index >= 15 is 0 Å². The van der Waals surface area contributed by atoms with Gasteiger partial charge in [-0.15, -0.1) is 0 Å². The number of carbonyl (C=O) groups is 1. The van der Waals surface area contributed by atoms with Crippen LogP contribution in [0.25, 0.3) is 22.2 Å². The van der Waals surface area contributed by atoms with Crippen molar-refractivity contribution in [3.05, 3.63) is 54.6 Å². The molecule has 0 atom stereocenters. The number of rotatable bonds is 7. The Morgan fingerprint density at radius 2 is 2.09 bits per heavy atom. The van der Waals surface area contributed by atoms with Gasteiger partial charge in [-0.2, -0.15) is 5.10 Å². The zero-order chi connectivity index (χ0) is 23.3. The minimum atomic E-state index is -0.321. The highest BCUT2D eigenvalue weighted by atomic mass is 16.5. The number of fused-ring (bicyclic) bond motifs is 1. The van der Waals surface area contributed by atoms with Gasteiger partial charge in [0.1, 0.15) is 6.61 Å². The number of amides is 2. The second kappa shape index (κ2) is 9.53. The number of nitrogens with one attached hydrogen (secondary N) is 3. The maximum absolute atomic E-state index is 11.9. The van der Waals surface area contributed by atoms with Crippen molar-refractivity contribution in [2.75, 3.05) is 23.4 Å². The third-order valence-corrected chi connectivity index (χ3v) is 5.16. The minimum Gasteiger partial charge on any atom is -0.459 e. The molecule has 3 aromatic heterocycles. The zero-order valence-corrected chi connectivity index (χ0v) is 18.5. The van der Waals surface area contributed by atoms with Gasteiger partial charge in [0, 0.05) is 61.6 Å². The fourth-order valence-electron chi connectivity index (χ4n) is 3.58. The number of imidazole rings is 1. The molecule has 3 N–H and O–H groups in total. The number of H-pyrrole nitrogens is 1. The molecule has 172 valence electrons. The lowest BCUT2D eigenvalue weighted by atomic mass is 10.1. The molecule has 0 spiro atoms. The second-order valence-corrected chi connectivity index (χ2v) is 7.57. The smallest absolute Gasteiger partial charge is 0.321 e. The molecular formula is C23H23N9O2. The van der Waals surface area contributed by atoms with Gasteiger partial charge in [-0.25, -0.2) is 19.7 Å². The third-order valence-electron chi connectivity index (χ3n) is 5.16. The Labute approximate surface area is 195 Å². The average Bonchev–Trinajstić information content (AvgIpc) is 3.53. The van der Waals surface area contributed by atoms with Crippen LogP contribution in [0, 0.1) is 0 Å². The summed E-state index contributed by atoms with van der Waals surface area (Å²) in [6, 6.07) is 7.68. The standard InChI is InChI=1S/C23H23N9O2/c1-2-25-22(33)31-21-29-18-9-16(10-19(20(18)30-21)32-8-4-7-28-32)17-12-26-23(27-13-17)34-14-15-5-3-6-24-11-15/h3,5-7,9-13H,2,4,8,14H2,1H3,(H3,25,29,30,31,33). The number of aromatic amines is 1. The summed E-state index contributed by atoms with van der Waals surface area (Å²) in [4.78, 5) is 32.5. The van der Waals surface area contributed by atoms with Gasteiger partial charge >= 0.3 is 12.0 Å². The molecule has 11 nitrogen and oxygen atoms in total. The maximum Gasteiger partial charge on any atom is 0.321 e. The van der Waals surface area contributed by atoms with Crippen molar-refractivity contribution < 1.29 is 9.53 Å². The Hall–Kier alpha value is -4.54. The summed E-state index contributed by atoms with van der Waals surface area (Å²) < 4.78 is 5.67. The lowest BCUT2D eigenvalue weighted by molar-refractivity contribution is 0.252. The number of ether oxygens (including phenoxy) is 1. The molecule has 0 bridgehead atoms. The first-order valence-corrected chi connectivity index (χ1v) is 10.9. The first kappa shape index (κ1) is 21.3. The van der Waals surface area contributed by atoms with Gasteiger partial charge in [0.25, 0.3) is 0 Å². The number of pyridine rings is 1. The molecule has 2 amide bonds. The molecule has 11 heteroatoms. The predicted octanol–water partition coefficient (Wildman–Crippen LogP) is 3.33. The van der Waals surface area contributed by atoms with Crippen LogP contribution in [0.1, 0.15) is 18.9 Å². The Morgan fingerprint density at radius 1 is 1.21 bits per heavy atom. The minimum absolute atomic E-state index is 0.284. The highest BCUT2D eigenvalue weighted by Gasteiger charge is 2.18. The van der Waals surface area contributed by atoms with Crippen molar-refractivity contribution in [3.8, 4) is 17.1 Å². The third kappa shape index (κ3) is 4.63. The highest BCUT2D eigenvalue weighted by Crippen LogP contribution is 2.34. The predicted molar refractivity (Wildman–Crippen MR) is 129 cm³/mol. The number of hydrazone groups is 1. The number of urea groups is 1. The second-order valence-electron chi connectivity index (χ2n) is 7.57. The van der Waals surface area contributed by atoms with Crippen molar-refractivity contribution in [3.63, 3.8) is 0 Å². The quantitative estimate of drug-likeness (QED) is 0.388. The lowest BCUT2D eigenvalue weighted by Gasteiger charge is -2.16. The normalized spacial score (nSPS) is 12.8. The molecule has 1 aliphatic heterocycles. The van der Waals surface area contributed by atoms with Crippen LogP contribution >= 0.6 is 0 Å². The van der Waals surface area contributed by atoms with E-state index in [-0.39, 0.29) is 12.0 Å². The summed E-state index contributed by atoms with van der Waals surface area (Å²) in [7, 11) is 0. The SMILES string of the molecule is CCNC(=O)Nc1nc2cc(-c3cnc(OCc4cccnc4)nc3)cc(N3CCC=N3)c2[nH]1. The van der Waals surface area contributed by atoms with Gasteiger partial charge < -0.3 is 15.0 Å². The molecule has 0 unspecified atom stereocenters. The molecule has 0 saturated carbocycles. The van der Waals surface area contributed by atoms with Crippen molar-refractivity contribution in [1.82, 2.24) is 30.2 Å². The van der Waals surface area contributed by atoms with Gasteiger partial charge in [0.05, 0.1) is 16.7 Å². The molecule has 5 rings (SSSR count). The molecule has 0 aliphatic carbocycles. The molecule has 0 saturated heterocycles. The first-order valence-electron chi connectivity index (χ1n) is 10.9. The number of nitrogens with zero attached hydrogens (tertiary/aromatic N) is 6. The first-order chi connectivity index (χ1) is 16.7. The Kier molecular flexibility index (Phi) is 5.97. The largest absolute Gasteiger partial charge is 0.459 e. The van der Waals surface area contributed by atoms with Crippen LogP contribution in [0.3, 0.4) is 0 Å². The van der Waals surface area contributed by atoms with Crippen LogP contribution in [0.2, 0.25) is 0 Å². The van der Waals surface area contributed by atoms with Crippen LogP contribution in [0.4, 0.5) is 16.4 Å². The van der Waals surface area contributed by atoms with Crippen LogP contribution < -0.4 is 20.4 Å². The molecule has 0 fully saturated rings. The van der Waals surface area contributed by atoms with Crippen molar-refractivity contribution in [2.45, 2.75) is 20.0 Å². The lowest BCUT2D eigenvalue weighted by Crippen LogP contribution is -2.28. The number of hydrogen-bond donors (Lipinski definition) is 3. The van der Waals surface area contributed by atoms with E-state index in [9.17, 15) is 4.79 Å². The Balaban J connectivity index is 1.43. The maximum atomic E-state index is 11.9. The van der Waals surface area contributed by atoms with Crippen LogP contribution in [-0.4, -0.2) is 50.3 Å².